The summed E-state index contributed by atoms with van der Waals surface area (Å²) in [6.45, 7) is 5.41. The van der Waals surface area contributed by atoms with Crippen LogP contribution in [-0.2, 0) is 4.79 Å². The third kappa shape index (κ3) is 6.27. The number of nitrogens with one attached hydrogen (secondary N) is 2. The molecule has 0 bridgehead atoms. The Morgan fingerprint density at radius 3 is 2.47 bits per heavy atom. The summed E-state index contributed by atoms with van der Waals surface area (Å²) in [5.41, 5.74) is 0.0588. The summed E-state index contributed by atoms with van der Waals surface area (Å²) in [6, 6.07) is 0. The van der Waals surface area contributed by atoms with Crippen molar-refractivity contribution in [2.45, 2.75) is 57.9 Å². The van der Waals surface area contributed by atoms with Crippen molar-refractivity contribution in [1.29, 1.82) is 0 Å². The fourth-order valence-corrected chi connectivity index (χ4v) is 2.35. The summed E-state index contributed by atoms with van der Waals surface area (Å²) in [5.74, 6) is 1.04. The quantitative estimate of drug-likeness (QED) is 0.748. The normalized spacial score (nSPS) is 28.3. The number of carbonyl (C=O) groups is 1. The SMILES string of the molecule is CNCCCC(=O)NC1(C)CCC(C)CC1.Cl. The maximum atomic E-state index is 11.7. The highest BCUT2D eigenvalue weighted by Crippen LogP contribution is 2.31. The zero-order valence-corrected chi connectivity index (χ0v) is 12.2. The van der Waals surface area contributed by atoms with Gasteiger partial charge in [-0.05, 0) is 58.5 Å². The zero-order chi connectivity index (χ0) is 12.0. The number of hydrogen-bond donors (Lipinski definition) is 2. The van der Waals surface area contributed by atoms with Gasteiger partial charge in [-0.3, -0.25) is 4.79 Å². The van der Waals surface area contributed by atoms with Crippen LogP contribution in [0.15, 0.2) is 0 Å². The lowest BCUT2D eigenvalue weighted by Crippen LogP contribution is -2.48. The lowest BCUT2D eigenvalue weighted by molar-refractivity contribution is -0.123. The molecule has 0 aliphatic heterocycles. The molecule has 102 valence electrons. The van der Waals surface area contributed by atoms with Crippen molar-refractivity contribution in [3.63, 3.8) is 0 Å². The van der Waals surface area contributed by atoms with Gasteiger partial charge in [0.1, 0.15) is 0 Å². The first kappa shape index (κ1) is 16.7. The van der Waals surface area contributed by atoms with Crippen molar-refractivity contribution in [3.8, 4) is 0 Å². The Morgan fingerprint density at radius 2 is 1.94 bits per heavy atom. The standard InChI is InChI=1S/C13H26N2O.ClH/c1-11-6-8-13(2,9-7-11)15-12(16)5-4-10-14-3;/h11,14H,4-10H2,1-3H3,(H,15,16);1H. The summed E-state index contributed by atoms with van der Waals surface area (Å²) < 4.78 is 0. The van der Waals surface area contributed by atoms with Gasteiger partial charge in [-0.15, -0.1) is 12.4 Å². The molecule has 4 heteroatoms. The first-order valence-corrected chi connectivity index (χ1v) is 6.51. The molecule has 17 heavy (non-hydrogen) atoms. The molecule has 3 nitrogen and oxygen atoms in total. The smallest absolute Gasteiger partial charge is 0.220 e. The number of rotatable bonds is 5. The summed E-state index contributed by atoms with van der Waals surface area (Å²) >= 11 is 0. The first-order valence-electron chi connectivity index (χ1n) is 6.51. The van der Waals surface area contributed by atoms with Crippen molar-refractivity contribution in [2.24, 2.45) is 5.92 Å². The molecule has 0 spiro atoms. The minimum atomic E-state index is 0. The van der Waals surface area contributed by atoms with Gasteiger partial charge in [-0.25, -0.2) is 0 Å². The average molecular weight is 263 g/mol. The predicted molar refractivity (Wildman–Crippen MR) is 74.6 cm³/mol. The molecule has 0 radical (unpaired) electrons. The van der Waals surface area contributed by atoms with Gasteiger partial charge in [0.25, 0.3) is 0 Å². The van der Waals surface area contributed by atoms with Gasteiger partial charge in [0.2, 0.25) is 5.91 Å². The van der Waals surface area contributed by atoms with Crippen molar-refractivity contribution in [2.75, 3.05) is 13.6 Å². The maximum absolute atomic E-state index is 11.7. The molecule has 1 aliphatic rings. The van der Waals surface area contributed by atoms with Crippen LogP contribution >= 0.6 is 12.4 Å². The average Bonchev–Trinajstić information content (AvgIpc) is 2.23. The van der Waals surface area contributed by atoms with Crippen LogP contribution in [-0.4, -0.2) is 25.0 Å². The first-order chi connectivity index (χ1) is 7.56. The molecule has 1 fully saturated rings. The van der Waals surface area contributed by atoms with E-state index in [9.17, 15) is 4.79 Å². The fraction of sp³-hybridized carbons (Fsp3) is 0.923. The van der Waals surface area contributed by atoms with E-state index in [-0.39, 0.29) is 23.9 Å². The minimum Gasteiger partial charge on any atom is -0.351 e. The van der Waals surface area contributed by atoms with E-state index in [0.717, 1.165) is 31.7 Å². The number of halogens is 1. The molecule has 1 amide bonds. The van der Waals surface area contributed by atoms with E-state index in [1.807, 2.05) is 7.05 Å². The van der Waals surface area contributed by atoms with E-state index < -0.39 is 0 Å². The van der Waals surface area contributed by atoms with E-state index in [0.29, 0.717) is 6.42 Å². The second-order valence-corrected chi connectivity index (χ2v) is 5.50. The van der Waals surface area contributed by atoms with Crippen LogP contribution in [0.5, 0.6) is 0 Å². The fourth-order valence-electron chi connectivity index (χ4n) is 2.35. The van der Waals surface area contributed by atoms with E-state index in [1.54, 1.807) is 0 Å². The highest BCUT2D eigenvalue weighted by molar-refractivity contribution is 5.85. The summed E-state index contributed by atoms with van der Waals surface area (Å²) in [7, 11) is 1.92. The highest BCUT2D eigenvalue weighted by Gasteiger charge is 2.30. The van der Waals surface area contributed by atoms with Crippen LogP contribution in [0.3, 0.4) is 0 Å². The van der Waals surface area contributed by atoms with Crippen LogP contribution in [0.1, 0.15) is 52.4 Å². The molecule has 0 unspecified atom stereocenters. The molecule has 0 aromatic carbocycles. The topological polar surface area (TPSA) is 41.1 Å². The van der Waals surface area contributed by atoms with Gasteiger partial charge < -0.3 is 10.6 Å². The number of amides is 1. The Balaban J connectivity index is 0.00000256. The molecule has 1 aliphatic carbocycles. The number of hydrogen-bond acceptors (Lipinski definition) is 2. The number of carbonyl (C=O) groups excluding carboxylic acids is 1. The second kappa shape index (κ2) is 7.93. The molecule has 0 aromatic rings. The molecule has 1 saturated carbocycles. The van der Waals surface area contributed by atoms with Crippen LogP contribution in [0.25, 0.3) is 0 Å². The van der Waals surface area contributed by atoms with Crippen LogP contribution < -0.4 is 10.6 Å². The van der Waals surface area contributed by atoms with Crippen molar-refractivity contribution >= 4 is 18.3 Å². The maximum Gasteiger partial charge on any atom is 0.220 e. The van der Waals surface area contributed by atoms with Crippen LogP contribution in [0.2, 0.25) is 0 Å². The molecular weight excluding hydrogens is 236 g/mol. The Bertz CT molecular complexity index is 225. The van der Waals surface area contributed by atoms with Crippen molar-refractivity contribution in [1.82, 2.24) is 10.6 Å². The molecule has 0 atom stereocenters. The van der Waals surface area contributed by atoms with E-state index >= 15 is 0 Å². The van der Waals surface area contributed by atoms with Gasteiger partial charge >= 0.3 is 0 Å². The third-order valence-electron chi connectivity index (χ3n) is 3.65. The van der Waals surface area contributed by atoms with Crippen molar-refractivity contribution < 1.29 is 4.79 Å². The molecule has 2 N–H and O–H groups in total. The van der Waals surface area contributed by atoms with Gasteiger partial charge in [0, 0.05) is 12.0 Å². The molecule has 0 saturated heterocycles. The van der Waals surface area contributed by atoms with Gasteiger partial charge in [-0.2, -0.15) is 0 Å². The second-order valence-electron chi connectivity index (χ2n) is 5.50. The molecule has 0 heterocycles. The highest BCUT2D eigenvalue weighted by atomic mass is 35.5. The Labute approximate surface area is 112 Å². The van der Waals surface area contributed by atoms with Gasteiger partial charge in [-0.1, -0.05) is 6.92 Å². The summed E-state index contributed by atoms with van der Waals surface area (Å²) in [6.07, 6.45) is 6.32. The van der Waals surface area contributed by atoms with Crippen LogP contribution in [0, 0.1) is 5.92 Å². The molecule has 1 rings (SSSR count). The van der Waals surface area contributed by atoms with E-state index in [1.165, 1.54) is 12.8 Å². The molecular formula is C13H27ClN2O. The molecule has 0 aromatic heterocycles. The third-order valence-corrected chi connectivity index (χ3v) is 3.65. The lowest BCUT2D eigenvalue weighted by atomic mass is 9.78. The Morgan fingerprint density at radius 1 is 1.35 bits per heavy atom. The van der Waals surface area contributed by atoms with Gasteiger partial charge in [0.05, 0.1) is 0 Å². The zero-order valence-electron chi connectivity index (χ0n) is 11.3. The Kier molecular flexibility index (Phi) is 7.80. The summed E-state index contributed by atoms with van der Waals surface area (Å²) in [4.78, 5) is 11.7. The largest absolute Gasteiger partial charge is 0.351 e. The predicted octanol–water partition coefficient (Wildman–Crippen LogP) is 2.49. The van der Waals surface area contributed by atoms with E-state index in [2.05, 4.69) is 24.5 Å². The van der Waals surface area contributed by atoms with Gasteiger partial charge in [0.15, 0.2) is 0 Å². The summed E-state index contributed by atoms with van der Waals surface area (Å²) in [5, 5.41) is 6.27. The van der Waals surface area contributed by atoms with Crippen LogP contribution in [0.4, 0.5) is 0 Å². The van der Waals surface area contributed by atoms with E-state index in [4.69, 9.17) is 0 Å². The minimum absolute atomic E-state index is 0. The Hall–Kier alpha value is -0.280. The lowest BCUT2D eigenvalue weighted by Gasteiger charge is -2.37. The van der Waals surface area contributed by atoms with Crippen molar-refractivity contribution in [3.05, 3.63) is 0 Å². The monoisotopic (exact) mass is 262 g/mol.